The third-order valence-corrected chi connectivity index (χ3v) is 3.25. The molecule has 2 nitrogen and oxygen atoms in total. The van der Waals surface area contributed by atoms with Gasteiger partial charge in [0.1, 0.15) is 12.1 Å². The fourth-order valence-corrected chi connectivity index (χ4v) is 2.52. The molecule has 2 atom stereocenters. The summed E-state index contributed by atoms with van der Waals surface area (Å²) in [6, 6.07) is 0. The molecule has 2 heteroatoms. The average molecular weight is 178 g/mol. The summed E-state index contributed by atoms with van der Waals surface area (Å²) in [6.45, 7) is 0. The Morgan fingerprint density at radius 1 is 1.46 bits per heavy atom. The number of aldehydes is 1. The molecular weight excluding hydrogens is 164 g/mol. The van der Waals surface area contributed by atoms with E-state index < -0.39 is 0 Å². The number of carbonyl (C=O) groups is 2. The van der Waals surface area contributed by atoms with Crippen LogP contribution in [-0.4, -0.2) is 12.1 Å². The Kier molecular flexibility index (Phi) is 2.30. The maximum absolute atomic E-state index is 11.4. The van der Waals surface area contributed by atoms with Crippen molar-refractivity contribution in [3.63, 3.8) is 0 Å². The van der Waals surface area contributed by atoms with Crippen LogP contribution in [0.1, 0.15) is 32.1 Å². The average Bonchev–Trinajstić information content (AvgIpc) is 2.71. The minimum absolute atomic E-state index is 0.258. The van der Waals surface area contributed by atoms with E-state index in [4.69, 9.17) is 0 Å². The molecule has 0 N–H and O–H groups in total. The molecule has 0 radical (unpaired) electrons. The summed E-state index contributed by atoms with van der Waals surface area (Å²) in [7, 11) is 0. The van der Waals surface area contributed by atoms with Crippen molar-refractivity contribution < 1.29 is 9.59 Å². The first-order valence-electron chi connectivity index (χ1n) is 4.98. The topological polar surface area (TPSA) is 34.1 Å². The lowest BCUT2D eigenvalue weighted by molar-refractivity contribution is -0.122. The van der Waals surface area contributed by atoms with Crippen LogP contribution in [0.2, 0.25) is 0 Å². The monoisotopic (exact) mass is 178 g/mol. The molecule has 0 aromatic rings. The molecule has 0 saturated heterocycles. The molecule has 13 heavy (non-hydrogen) atoms. The van der Waals surface area contributed by atoms with Crippen molar-refractivity contribution >= 4 is 12.1 Å². The smallest absolute Gasteiger partial charge is 0.145 e. The van der Waals surface area contributed by atoms with Gasteiger partial charge in [-0.25, -0.2) is 0 Å². The van der Waals surface area contributed by atoms with Crippen LogP contribution in [0, 0.1) is 11.8 Å². The van der Waals surface area contributed by atoms with Gasteiger partial charge in [0.05, 0.1) is 0 Å². The second-order valence-electron chi connectivity index (χ2n) is 4.06. The van der Waals surface area contributed by atoms with E-state index in [0.717, 1.165) is 44.0 Å². The molecule has 2 rings (SSSR count). The maximum atomic E-state index is 11.4. The van der Waals surface area contributed by atoms with Gasteiger partial charge in [0.2, 0.25) is 0 Å². The van der Waals surface area contributed by atoms with E-state index in [9.17, 15) is 9.59 Å². The highest BCUT2D eigenvalue weighted by Gasteiger charge is 2.33. The van der Waals surface area contributed by atoms with Crippen molar-refractivity contribution in [3.8, 4) is 0 Å². The van der Waals surface area contributed by atoms with E-state index in [0.29, 0.717) is 11.7 Å². The van der Waals surface area contributed by atoms with E-state index in [-0.39, 0.29) is 5.92 Å². The molecule has 1 fully saturated rings. The molecule has 1 unspecified atom stereocenters. The van der Waals surface area contributed by atoms with Gasteiger partial charge in [0.15, 0.2) is 0 Å². The zero-order valence-corrected chi connectivity index (χ0v) is 7.66. The normalized spacial score (nSPS) is 33.5. The summed E-state index contributed by atoms with van der Waals surface area (Å²) in [5.74, 6) is 1.12. The van der Waals surface area contributed by atoms with Crippen molar-refractivity contribution in [1.82, 2.24) is 0 Å². The van der Waals surface area contributed by atoms with Gasteiger partial charge in [-0.2, -0.15) is 0 Å². The molecule has 2 aliphatic rings. The Bertz CT molecular complexity index is 265. The lowest BCUT2D eigenvalue weighted by atomic mass is 9.87. The van der Waals surface area contributed by atoms with Crippen LogP contribution >= 0.6 is 0 Å². The number of ketones is 1. The maximum Gasteiger partial charge on any atom is 0.145 e. The highest BCUT2D eigenvalue weighted by atomic mass is 16.1. The molecular formula is C11H14O2. The van der Waals surface area contributed by atoms with Gasteiger partial charge < -0.3 is 0 Å². The second-order valence-corrected chi connectivity index (χ2v) is 4.06. The van der Waals surface area contributed by atoms with Crippen molar-refractivity contribution in [1.29, 1.82) is 0 Å². The van der Waals surface area contributed by atoms with E-state index in [1.54, 1.807) is 0 Å². The van der Waals surface area contributed by atoms with E-state index in [2.05, 4.69) is 0 Å². The molecule has 0 heterocycles. The third-order valence-electron chi connectivity index (χ3n) is 3.25. The molecule has 0 amide bonds. The predicted octanol–water partition coefficient (Wildman–Crippen LogP) is 1.89. The van der Waals surface area contributed by atoms with Crippen molar-refractivity contribution in [3.05, 3.63) is 11.6 Å². The van der Waals surface area contributed by atoms with Crippen LogP contribution in [0.25, 0.3) is 0 Å². The molecule has 0 aliphatic heterocycles. The van der Waals surface area contributed by atoms with E-state index >= 15 is 0 Å². The Hall–Kier alpha value is -0.920. The number of hydrogen-bond acceptors (Lipinski definition) is 2. The summed E-state index contributed by atoms with van der Waals surface area (Å²) in [5, 5.41) is 0. The van der Waals surface area contributed by atoms with Crippen LogP contribution in [0.4, 0.5) is 0 Å². The van der Waals surface area contributed by atoms with Crippen LogP contribution in [0.5, 0.6) is 0 Å². The first kappa shape index (κ1) is 8.67. The zero-order valence-electron chi connectivity index (χ0n) is 7.66. The molecule has 70 valence electrons. The summed E-state index contributed by atoms with van der Waals surface area (Å²) in [6.07, 6.45) is 7.55. The number of Topliss-reactive ketones (excluding diaryl/α,β-unsaturated/α-hetero) is 1. The largest absolute Gasteiger partial charge is 0.299 e. The van der Waals surface area contributed by atoms with Gasteiger partial charge in [-0.15, -0.1) is 0 Å². The lowest BCUT2D eigenvalue weighted by Crippen LogP contribution is -2.16. The van der Waals surface area contributed by atoms with Crippen LogP contribution in [0.15, 0.2) is 11.6 Å². The van der Waals surface area contributed by atoms with Gasteiger partial charge in [-0.05, 0) is 37.2 Å². The first-order chi connectivity index (χ1) is 6.31. The van der Waals surface area contributed by atoms with Gasteiger partial charge in [0, 0.05) is 12.3 Å². The fourth-order valence-electron chi connectivity index (χ4n) is 2.52. The lowest BCUT2D eigenvalue weighted by Gasteiger charge is -2.15. The SMILES string of the molecule is O=CC1=CC[C@@H](C2CCCC2=O)C1. The minimum atomic E-state index is 0.258. The Labute approximate surface area is 78.0 Å². The number of rotatable bonds is 2. The van der Waals surface area contributed by atoms with E-state index in [1.165, 1.54) is 0 Å². The molecule has 1 saturated carbocycles. The van der Waals surface area contributed by atoms with Gasteiger partial charge in [-0.3, -0.25) is 9.59 Å². The molecule has 0 aromatic heterocycles. The quantitative estimate of drug-likeness (QED) is 0.605. The highest BCUT2D eigenvalue weighted by molar-refractivity contribution is 5.83. The standard InChI is InChI=1S/C11H14O2/c12-7-8-4-5-9(6-8)10-2-1-3-11(10)13/h4,7,9-10H,1-3,5-6H2/t9-,10?/m1/s1. The highest BCUT2D eigenvalue weighted by Crippen LogP contribution is 2.37. The van der Waals surface area contributed by atoms with E-state index in [1.807, 2.05) is 6.08 Å². The Balaban J connectivity index is 1.97. The minimum Gasteiger partial charge on any atom is -0.299 e. The van der Waals surface area contributed by atoms with Crippen molar-refractivity contribution in [2.75, 3.05) is 0 Å². The Morgan fingerprint density at radius 3 is 2.85 bits per heavy atom. The first-order valence-corrected chi connectivity index (χ1v) is 4.98. The van der Waals surface area contributed by atoms with Crippen molar-refractivity contribution in [2.24, 2.45) is 11.8 Å². The van der Waals surface area contributed by atoms with Gasteiger partial charge in [-0.1, -0.05) is 6.08 Å². The van der Waals surface area contributed by atoms with Crippen molar-refractivity contribution in [2.45, 2.75) is 32.1 Å². The fraction of sp³-hybridized carbons (Fsp3) is 0.636. The number of allylic oxidation sites excluding steroid dienone is 2. The van der Waals surface area contributed by atoms with Gasteiger partial charge >= 0.3 is 0 Å². The Morgan fingerprint density at radius 2 is 2.31 bits per heavy atom. The zero-order chi connectivity index (χ0) is 9.26. The second kappa shape index (κ2) is 3.44. The van der Waals surface area contributed by atoms with Crippen LogP contribution in [-0.2, 0) is 9.59 Å². The van der Waals surface area contributed by atoms with Crippen LogP contribution < -0.4 is 0 Å². The predicted molar refractivity (Wildman–Crippen MR) is 49.2 cm³/mol. The summed E-state index contributed by atoms with van der Waals surface area (Å²) in [5.41, 5.74) is 0.893. The molecule has 0 spiro atoms. The number of carbonyl (C=O) groups excluding carboxylic acids is 2. The summed E-state index contributed by atoms with van der Waals surface area (Å²) < 4.78 is 0. The third kappa shape index (κ3) is 1.58. The molecule has 2 aliphatic carbocycles. The van der Waals surface area contributed by atoms with Crippen LogP contribution in [0.3, 0.4) is 0 Å². The summed E-state index contributed by atoms with van der Waals surface area (Å²) in [4.78, 5) is 21.9. The molecule has 0 bridgehead atoms. The van der Waals surface area contributed by atoms with Gasteiger partial charge in [0.25, 0.3) is 0 Å². The molecule has 0 aromatic carbocycles. The number of hydrogen-bond donors (Lipinski definition) is 0. The summed E-state index contributed by atoms with van der Waals surface area (Å²) >= 11 is 0.